The number of nitrogens with two attached hydrogens (primary N) is 1. The van der Waals surface area contributed by atoms with Gasteiger partial charge in [0.2, 0.25) is 10.0 Å². The zero-order chi connectivity index (χ0) is 14.0. The summed E-state index contributed by atoms with van der Waals surface area (Å²) in [6, 6.07) is 3.25. The number of benzene rings is 1. The summed E-state index contributed by atoms with van der Waals surface area (Å²) in [6.07, 6.45) is 3.19. The number of H-pyrrole nitrogens is 1. The molecule has 0 aliphatic heterocycles. The lowest BCUT2D eigenvalue weighted by Crippen LogP contribution is -2.24. The van der Waals surface area contributed by atoms with E-state index in [0.717, 1.165) is 16.7 Å². The van der Waals surface area contributed by atoms with E-state index in [0.29, 0.717) is 0 Å². The fourth-order valence-electron chi connectivity index (χ4n) is 1.68. The number of aromatic nitrogens is 2. The Morgan fingerprint density at radius 3 is 2.63 bits per heavy atom. The molecule has 0 atom stereocenters. The Hall–Kier alpha value is -1.86. The standard InChI is InChI=1S/C12H16N4O2S/c1-8-3-11(13)12(4-9(8)2)19(17,18)16-7-10-5-14-15-6-10/h3-6,16H,7,13H2,1-2H3,(H,14,15). The number of hydrogen-bond acceptors (Lipinski definition) is 4. The van der Waals surface area contributed by atoms with Crippen molar-refractivity contribution in [1.29, 1.82) is 0 Å². The van der Waals surface area contributed by atoms with E-state index in [1.807, 2.05) is 13.8 Å². The summed E-state index contributed by atoms with van der Waals surface area (Å²) >= 11 is 0. The summed E-state index contributed by atoms with van der Waals surface area (Å²) in [5.41, 5.74) is 8.65. The molecule has 0 saturated heterocycles. The van der Waals surface area contributed by atoms with Gasteiger partial charge in [0, 0.05) is 18.3 Å². The molecule has 1 aromatic heterocycles. The van der Waals surface area contributed by atoms with Crippen LogP contribution in [0.2, 0.25) is 0 Å². The molecule has 0 spiro atoms. The Bertz CT molecular complexity index is 678. The Kier molecular flexibility index (Phi) is 3.59. The first kappa shape index (κ1) is 13.6. The van der Waals surface area contributed by atoms with Gasteiger partial charge < -0.3 is 5.73 Å². The molecule has 0 aliphatic carbocycles. The van der Waals surface area contributed by atoms with E-state index >= 15 is 0 Å². The fraction of sp³-hybridized carbons (Fsp3) is 0.250. The molecule has 2 rings (SSSR count). The maximum Gasteiger partial charge on any atom is 0.242 e. The second-order valence-electron chi connectivity index (χ2n) is 4.41. The van der Waals surface area contributed by atoms with Crippen LogP contribution in [0.3, 0.4) is 0 Å². The van der Waals surface area contributed by atoms with E-state index < -0.39 is 10.0 Å². The highest BCUT2D eigenvalue weighted by Gasteiger charge is 2.18. The highest BCUT2D eigenvalue weighted by molar-refractivity contribution is 7.89. The van der Waals surface area contributed by atoms with Crippen molar-refractivity contribution in [3.05, 3.63) is 41.2 Å². The van der Waals surface area contributed by atoms with E-state index in [1.54, 1.807) is 24.5 Å². The van der Waals surface area contributed by atoms with Gasteiger partial charge >= 0.3 is 0 Å². The van der Waals surface area contributed by atoms with Gasteiger partial charge in [0.1, 0.15) is 4.90 Å². The number of rotatable bonds is 4. The third-order valence-electron chi connectivity index (χ3n) is 2.94. The molecule has 19 heavy (non-hydrogen) atoms. The Labute approximate surface area is 112 Å². The van der Waals surface area contributed by atoms with Crippen molar-refractivity contribution < 1.29 is 8.42 Å². The van der Waals surface area contributed by atoms with Gasteiger partial charge in [-0.1, -0.05) is 0 Å². The lowest BCUT2D eigenvalue weighted by atomic mass is 10.1. The highest BCUT2D eigenvalue weighted by atomic mass is 32.2. The van der Waals surface area contributed by atoms with Crippen LogP contribution in [0.4, 0.5) is 5.69 Å². The molecule has 0 amide bonds. The molecule has 0 fully saturated rings. The van der Waals surface area contributed by atoms with E-state index in [1.165, 1.54) is 0 Å². The second-order valence-corrected chi connectivity index (χ2v) is 6.14. The van der Waals surface area contributed by atoms with Crippen LogP contribution in [0.5, 0.6) is 0 Å². The number of hydrogen-bond donors (Lipinski definition) is 3. The third-order valence-corrected chi connectivity index (χ3v) is 4.39. The molecule has 0 saturated carbocycles. The van der Waals surface area contributed by atoms with Crippen LogP contribution < -0.4 is 10.5 Å². The summed E-state index contributed by atoms with van der Waals surface area (Å²) in [5, 5.41) is 6.38. The number of aromatic amines is 1. The molecule has 6 nitrogen and oxygen atoms in total. The van der Waals surface area contributed by atoms with Crippen LogP contribution >= 0.6 is 0 Å². The summed E-state index contributed by atoms with van der Waals surface area (Å²) < 4.78 is 26.9. The minimum Gasteiger partial charge on any atom is -0.398 e. The highest BCUT2D eigenvalue weighted by Crippen LogP contribution is 2.22. The molecule has 0 bridgehead atoms. The van der Waals surface area contributed by atoms with Gasteiger partial charge in [-0.2, -0.15) is 5.10 Å². The average molecular weight is 280 g/mol. The molecule has 0 unspecified atom stereocenters. The van der Waals surface area contributed by atoms with Crippen LogP contribution in [0.1, 0.15) is 16.7 Å². The first-order valence-corrected chi connectivity index (χ1v) is 7.22. The number of aryl methyl sites for hydroxylation is 2. The normalized spacial score (nSPS) is 11.7. The largest absolute Gasteiger partial charge is 0.398 e. The minimum atomic E-state index is -3.62. The van der Waals surface area contributed by atoms with Crippen LogP contribution in [0.15, 0.2) is 29.4 Å². The summed E-state index contributed by atoms with van der Waals surface area (Å²) in [5.74, 6) is 0. The second kappa shape index (κ2) is 5.02. The van der Waals surface area contributed by atoms with Crippen LogP contribution in [0, 0.1) is 13.8 Å². The number of nitrogens with zero attached hydrogens (tertiary/aromatic N) is 1. The minimum absolute atomic E-state index is 0.110. The van der Waals surface area contributed by atoms with Crippen molar-refractivity contribution in [2.45, 2.75) is 25.3 Å². The zero-order valence-corrected chi connectivity index (χ0v) is 11.6. The molecule has 0 aliphatic rings. The molecule has 102 valence electrons. The van der Waals surface area contributed by atoms with Crippen LogP contribution in [0.25, 0.3) is 0 Å². The molecule has 1 aromatic carbocycles. The van der Waals surface area contributed by atoms with Crippen molar-refractivity contribution in [3.8, 4) is 0 Å². The maximum atomic E-state index is 12.2. The zero-order valence-electron chi connectivity index (χ0n) is 10.8. The average Bonchev–Trinajstić information content (AvgIpc) is 2.84. The Morgan fingerprint density at radius 2 is 2.00 bits per heavy atom. The van der Waals surface area contributed by atoms with Gasteiger partial charge in [0.15, 0.2) is 0 Å². The lowest BCUT2D eigenvalue weighted by molar-refractivity contribution is 0.581. The van der Waals surface area contributed by atoms with Crippen molar-refractivity contribution in [1.82, 2.24) is 14.9 Å². The predicted molar refractivity (Wildman–Crippen MR) is 72.9 cm³/mol. The van der Waals surface area contributed by atoms with E-state index in [9.17, 15) is 8.42 Å². The first-order valence-electron chi connectivity index (χ1n) is 5.74. The molecule has 2 aromatic rings. The maximum absolute atomic E-state index is 12.2. The summed E-state index contributed by atoms with van der Waals surface area (Å²) in [6.45, 7) is 3.91. The van der Waals surface area contributed by atoms with Crippen molar-refractivity contribution in [3.63, 3.8) is 0 Å². The van der Waals surface area contributed by atoms with Gasteiger partial charge in [0.05, 0.1) is 11.9 Å². The van der Waals surface area contributed by atoms with Gasteiger partial charge in [-0.15, -0.1) is 0 Å². The molecule has 1 heterocycles. The lowest BCUT2D eigenvalue weighted by Gasteiger charge is -2.11. The quantitative estimate of drug-likeness (QED) is 0.730. The molecule has 7 heteroatoms. The van der Waals surface area contributed by atoms with Crippen LogP contribution in [-0.4, -0.2) is 18.6 Å². The molecule has 4 N–H and O–H groups in total. The van der Waals surface area contributed by atoms with Gasteiger partial charge in [0.25, 0.3) is 0 Å². The van der Waals surface area contributed by atoms with Crippen molar-refractivity contribution in [2.24, 2.45) is 0 Å². The fourth-order valence-corrected chi connectivity index (χ4v) is 2.89. The number of anilines is 1. The monoisotopic (exact) mass is 280 g/mol. The first-order chi connectivity index (χ1) is 8.90. The van der Waals surface area contributed by atoms with E-state index in [2.05, 4.69) is 14.9 Å². The van der Waals surface area contributed by atoms with Crippen LogP contribution in [-0.2, 0) is 16.6 Å². The van der Waals surface area contributed by atoms with Gasteiger partial charge in [-0.05, 0) is 37.1 Å². The molecular weight excluding hydrogens is 264 g/mol. The van der Waals surface area contributed by atoms with Gasteiger partial charge in [-0.25, -0.2) is 13.1 Å². The SMILES string of the molecule is Cc1cc(N)c(S(=O)(=O)NCc2cn[nH]c2)cc1C. The smallest absolute Gasteiger partial charge is 0.242 e. The number of nitrogen functional groups attached to an aromatic ring is 1. The topological polar surface area (TPSA) is 101 Å². The van der Waals surface area contributed by atoms with E-state index in [4.69, 9.17) is 5.73 Å². The number of nitrogens with one attached hydrogen (secondary N) is 2. The van der Waals surface area contributed by atoms with E-state index in [-0.39, 0.29) is 17.1 Å². The Morgan fingerprint density at radius 1 is 1.32 bits per heavy atom. The summed E-state index contributed by atoms with van der Waals surface area (Å²) in [7, 11) is -3.62. The van der Waals surface area contributed by atoms with Crippen molar-refractivity contribution in [2.75, 3.05) is 5.73 Å². The van der Waals surface area contributed by atoms with Gasteiger partial charge in [-0.3, -0.25) is 5.10 Å². The summed E-state index contributed by atoms with van der Waals surface area (Å²) in [4.78, 5) is 0.110. The Balaban J connectivity index is 2.27. The molecule has 0 radical (unpaired) electrons. The van der Waals surface area contributed by atoms with Crippen molar-refractivity contribution >= 4 is 15.7 Å². The number of sulfonamides is 1. The predicted octanol–water partition coefficient (Wildman–Crippen LogP) is 1.09. The third kappa shape index (κ3) is 2.94. The molecular formula is C12H16N4O2S.